The normalized spacial score (nSPS) is 13.3. The van der Waals surface area contributed by atoms with Crippen LogP contribution in [0.4, 0.5) is 4.79 Å². The highest BCUT2D eigenvalue weighted by Gasteiger charge is 2.31. The first-order valence-corrected chi connectivity index (χ1v) is 8.35. The van der Waals surface area contributed by atoms with Crippen LogP contribution in [0.3, 0.4) is 0 Å². The minimum Gasteiger partial charge on any atom is -0.469 e. The van der Waals surface area contributed by atoms with Crippen LogP contribution in [-0.4, -0.2) is 43.9 Å². The molecule has 26 heavy (non-hydrogen) atoms. The molecule has 0 radical (unpaired) electrons. The van der Waals surface area contributed by atoms with Gasteiger partial charge in [-0.1, -0.05) is 30.3 Å². The quantitative estimate of drug-likeness (QED) is 0.590. The van der Waals surface area contributed by atoms with Crippen molar-refractivity contribution in [1.29, 1.82) is 0 Å². The zero-order chi connectivity index (χ0) is 19.7. The number of amides is 1. The van der Waals surface area contributed by atoms with Gasteiger partial charge < -0.3 is 19.5 Å². The van der Waals surface area contributed by atoms with Crippen LogP contribution in [0.2, 0.25) is 0 Å². The Kier molecular flexibility index (Phi) is 8.09. The van der Waals surface area contributed by atoms with Gasteiger partial charge in [0.2, 0.25) is 0 Å². The predicted molar refractivity (Wildman–Crippen MR) is 95.4 cm³/mol. The van der Waals surface area contributed by atoms with E-state index in [2.05, 4.69) is 5.32 Å². The molecular formula is C19H27NO6. The van der Waals surface area contributed by atoms with Gasteiger partial charge in [-0.25, -0.2) is 9.59 Å². The van der Waals surface area contributed by atoms with Crippen LogP contribution >= 0.6 is 0 Å². The lowest BCUT2D eigenvalue weighted by molar-refractivity contribution is -0.148. The lowest BCUT2D eigenvalue weighted by Gasteiger charge is -2.24. The van der Waals surface area contributed by atoms with Gasteiger partial charge in [0, 0.05) is 0 Å². The van der Waals surface area contributed by atoms with E-state index in [1.807, 2.05) is 30.3 Å². The summed E-state index contributed by atoms with van der Waals surface area (Å²) in [6.07, 6.45) is -0.346. The van der Waals surface area contributed by atoms with E-state index in [1.165, 1.54) is 14.2 Å². The minimum absolute atomic E-state index is 0.0352. The first kappa shape index (κ1) is 21.5. The smallest absolute Gasteiger partial charge is 0.408 e. The molecule has 1 aromatic carbocycles. The maximum atomic E-state index is 12.2. The van der Waals surface area contributed by atoms with E-state index in [4.69, 9.17) is 14.2 Å². The molecule has 7 nitrogen and oxygen atoms in total. The van der Waals surface area contributed by atoms with Gasteiger partial charge in [0.15, 0.2) is 0 Å². The Morgan fingerprint density at radius 3 is 2.08 bits per heavy atom. The number of ether oxygens (including phenoxy) is 3. The average Bonchev–Trinajstić information content (AvgIpc) is 2.58. The number of rotatable bonds is 7. The summed E-state index contributed by atoms with van der Waals surface area (Å²) < 4.78 is 14.8. The molecule has 0 fully saturated rings. The van der Waals surface area contributed by atoms with E-state index < -0.39 is 35.6 Å². The Bertz CT molecular complexity index is 608. The second kappa shape index (κ2) is 9.79. The van der Waals surface area contributed by atoms with E-state index in [0.717, 1.165) is 5.56 Å². The molecule has 0 aliphatic rings. The van der Waals surface area contributed by atoms with Crippen LogP contribution in [0.25, 0.3) is 0 Å². The molecule has 0 aliphatic heterocycles. The fourth-order valence-electron chi connectivity index (χ4n) is 2.42. The molecule has 0 aliphatic carbocycles. The number of benzene rings is 1. The van der Waals surface area contributed by atoms with Gasteiger partial charge in [0.05, 0.1) is 20.1 Å². The highest BCUT2D eigenvalue weighted by atomic mass is 16.6. The average molecular weight is 365 g/mol. The van der Waals surface area contributed by atoms with Crippen LogP contribution in [0, 0.1) is 5.92 Å². The first-order chi connectivity index (χ1) is 12.2. The van der Waals surface area contributed by atoms with Gasteiger partial charge in [-0.2, -0.15) is 0 Å². The van der Waals surface area contributed by atoms with Gasteiger partial charge in [0.1, 0.15) is 11.6 Å². The molecular weight excluding hydrogens is 338 g/mol. The summed E-state index contributed by atoms with van der Waals surface area (Å²) in [5.74, 6) is -1.74. The highest BCUT2D eigenvalue weighted by molar-refractivity contribution is 5.82. The summed E-state index contributed by atoms with van der Waals surface area (Å²) in [4.78, 5) is 36.2. The predicted octanol–water partition coefficient (Wildman–Crippen LogP) is 2.47. The maximum absolute atomic E-state index is 12.2. The lowest BCUT2D eigenvalue weighted by atomic mass is 9.92. The van der Waals surface area contributed by atoms with Crippen molar-refractivity contribution in [3.05, 3.63) is 35.9 Å². The second-order valence-corrected chi connectivity index (χ2v) is 6.87. The van der Waals surface area contributed by atoms with Crippen LogP contribution in [0.1, 0.15) is 32.8 Å². The standard InChI is InChI=1S/C19H27NO6/c1-19(2,3)26-18(23)20-15(17(22)25-5)12-14(16(21)24-4)11-13-9-7-6-8-10-13/h6-10,14-15H,11-12H2,1-5H3,(H,20,23)/t14-,15?/m0/s1. The van der Waals surface area contributed by atoms with Crippen LogP contribution in [0.5, 0.6) is 0 Å². The van der Waals surface area contributed by atoms with Crippen LogP contribution in [0.15, 0.2) is 30.3 Å². The number of nitrogens with one attached hydrogen (secondary N) is 1. The van der Waals surface area contributed by atoms with Crippen molar-refractivity contribution < 1.29 is 28.6 Å². The summed E-state index contributed by atoms with van der Waals surface area (Å²) in [6, 6.07) is 8.33. The molecule has 144 valence electrons. The first-order valence-electron chi connectivity index (χ1n) is 8.35. The van der Waals surface area contributed by atoms with Crippen molar-refractivity contribution in [1.82, 2.24) is 5.32 Å². The van der Waals surface area contributed by atoms with Gasteiger partial charge in [0.25, 0.3) is 0 Å². The molecule has 0 spiro atoms. The van der Waals surface area contributed by atoms with E-state index in [1.54, 1.807) is 20.8 Å². The molecule has 1 N–H and O–H groups in total. The summed E-state index contributed by atoms with van der Waals surface area (Å²) in [6.45, 7) is 5.14. The van der Waals surface area contributed by atoms with Crippen molar-refractivity contribution in [2.45, 2.75) is 45.3 Å². The highest BCUT2D eigenvalue weighted by Crippen LogP contribution is 2.17. The molecule has 0 saturated carbocycles. The number of carbonyl (C=O) groups is 3. The van der Waals surface area contributed by atoms with Crippen LogP contribution in [-0.2, 0) is 30.2 Å². The van der Waals surface area contributed by atoms with Gasteiger partial charge in [-0.05, 0) is 39.2 Å². The summed E-state index contributed by atoms with van der Waals surface area (Å²) >= 11 is 0. The molecule has 1 unspecified atom stereocenters. The Morgan fingerprint density at radius 2 is 1.58 bits per heavy atom. The molecule has 7 heteroatoms. The fourth-order valence-corrected chi connectivity index (χ4v) is 2.42. The molecule has 0 bridgehead atoms. The minimum atomic E-state index is -1.03. The molecule has 0 saturated heterocycles. The summed E-state index contributed by atoms with van der Waals surface area (Å²) in [5.41, 5.74) is 0.208. The SMILES string of the molecule is COC(=O)C(C[C@H](Cc1ccccc1)C(=O)OC)NC(=O)OC(C)(C)C. The van der Waals surface area contributed by atoms with E-state index in [-0.39, 0.29) is 6.42 Å². The van der Waals surface area contributed by atoms with Crippen molar-refractivity contribution in [2.24, 2.45) is 5.92 Å². The van der Waals surface area contributed by atoms with Gasteiger partial charge in [-0.3, -0.25) is 4.79 Å². The van der Waals surface area contributed by atoms with Gasteiger partial charge >= 0.3 is 18.0 Å². The number of hydrogen-bond donors (Lipinski definition) is 1. The third-order valence-corrected chi connectivity index (χ3v) is 3.56. The Hall–Kier alpha value is -2.57. The number of carbonyl (C=O) groups excluding carboxylic acids is 3. The zero-order valence-electron chi connectivity index (χ0n) is 15.9. The number of alkyl carbamates (subject to hydrolysis) is 1. The Morgan fingerprint density at radius 1 is 1.00 bits per heavy atom. The van der Waals surface area contributed by atoms with Crippen molar-refractivity contribution >= 4 is 18.0 Å². The van der Waals surface area contributed by atoms with Crippen LogP contribution < -0.4 is 5.32 Å². The number of hydrogen-bond acceptors (Lipinski definition) is 6. The summed E-state index contributed by atoms with van der Waals surface area (Å²) in [5, 5.41) is 2.48. The molecule has 1 amide bonds. The Balaban J connectivity index is 2.90. The molecule has 0 heterocycles. The zero-order valence-corrected chi connectivity index (χ0v) is 15.9. The second-order valence-electron chi connectivity index (χ2n) is 6.87. The van der Waals surface area contributed by atoms with Crippen molar-refractivity contribution in [2.75, 3.05) is 14.2 Å². The molecule has 0 aromatic heterocycles. The number of methoxy groups -OCH3 is 2. The molecule has 1 rings (SSSR count). The molecule has 1 aromatic rings. The Labute approximate surface area is 154 Å². The number of esters is 2. The fraction of sp³-hybridized carbons (Fsp3) is 0.526. The van der Waals surface area contributed by atoms with E-state index in [9.17, 15) is 14.4 Å². The van der Waals surface area contributed by atoms with Gasteiger partial charge in [-0.15, -0.1) is 0 Å². The third-order valence-electron chi connectivity index (χ3n) is 3.56. The lowest BCUT2D eigenvalue weighted by Crippen LogP contribution is -2.46. The summed E-state index contributed by atoms with van der Waals surface area (Å²) in [7, 11) is 2.51. The largest absolute Gasteiger partial charge is 0.469 e. The monoisotopic (exact) mass is 365 g/mol. The van der Waals surface area contributed by atoms with E-state index >= 15 is 0 Å². The van der Waals surface area contributed by atoms with E-state index in [0.29, 0.717) is 6.42 Å². The topological polar surface area (TPSA) is 90.9 Å². The maximum Gasteiger partial charge on any atom is 0.408 e. The third kappa shape index (κ3) is 7.55. The molecule has 2 atom stereocenters. The van der Waals surface area contributed by atoms with Crippen molar-refractivity contribution in [3.8, 4) is 0 Å². The van der Waals surface area contributed by atoms with Crippen molar-refractivity contribution in [3.63, 3.8) is 0 Å².